The van der Waals surface area contributed by atoms with Crippen LogP contribution >= 0.6 is 0 Å². The van der Waals surface area contributed by atoms with Crippen molar-refractivity contribution in [2.24, 2.45) is 0 Å². The van der Waals surface area contributed by atoms with Crippen molar-refractivity contribution < 1.29 is 37.0 Å². The number of rotatable bonds is 9. The van der Waals surface area contributed by atoms with Crippen molar-refractivity contribution in [1.82, 2.24) is 4.90 Å². The molecule has 0 heterocycles. The predicted octanol–water partition coefficient (Wildman–Crippen LogP) is 3.45. The first-order chi connectivity index (χ1) is 13.1. The van der Waals surface area contributed by atoms with Gasteiger partial charge in [0, 0.05) is 12.6 Å². The van der Waals surface area contributed by atoms with Crippen LogP contribution in [0.3, 0.4) is 0 Å². The number of carbonyl (C=O) groups is 2. The van der Waals surface area contributed by atoms with Gasteiger partial charge in [-0.1, -0.05) is 6.07 Å². The number of hydrogen-bond donors (Lipinski definition) is 0. The van der Waals surface area contributed by atoms with Crippen LogP contribution in [0.1, 0.15) is 25.8 Å². The van der Waals surface area contributed by atoms with Gasteiger partial charge in [0.25, 0.3) is 0 Å². The Hall–Kier alpha value is -2.71. The van der Waals surface area contributed by atoms with Crippen molar-refractivity contribution in [3.05, 3.63) is 29.8 Å². The molecule has 0 saturated heterocycles. The average molecular weight is 403 g/mol. The minimum atomic E-state index is -4.45. The van der Waals surface area contributed by atoms with E-state index >= 15 is 0 Å². The summed E-state index contributed by atoms with van der Waals surface area (Å²) >= 11 is 0. The molecule has 1 amide bonds. The summed E-state index contributed by atoms with van der Waals surface area (Å²) in [6.07, 6.45) is -3.22. The second kappa shape index (κ2) is 10.6. The standard InChI is InChI=1S/C19H24F3NO5/c1-13(2)28-15-7-5-14(11-16(15)26-3)6-8-17(24)23(12-18(25)27-4)10-9-19(20,21)22/h5-8,11,13H,9-10,12H2,1-4H3. The number of halogens is 3. The first-order valence-corrected chi connectivity index (χ1v) is 8.51. The van der Waals surface area contributed by atoms with E-state index in [1.54, 1.807) is 18.2 Å². The van der Waals surface area contributed by atoms with Gasteiger partial charge >= 0.3 is 12.1 Å². The highest BCUT2D eigenvalue weighted by molar-refractivity contribution is 5.93. The molecule has 9 heteroatoms. The number of nitrogens with zero attached hydrogens (tertiary/aromatic N) is 1. The first-order valence-electron chi connectivity index (χ1n) is 8.51. The Balaban J connectivity index is 2.92. The van der Waals surface area contributed by atoms with Crippen molar-refractivity contribution in [2.45, 2.75) is 32.5 Å². The van der Waals surface area contributed by atoms with E-state index < -0.39 is 37.6 Å². The molecule has 0 bridgehead atoms. The highest BCUT2D eigenvalue weighted by Gasteiger charge is 2.29. The van der Waals surface area contributed by atoms with E-state index in [1.807, 2.05) is 13.8 Å². The number of carbonyl (C=O) groups excluding carboxylic acids is 2. The summed E-state index contributed by atoms with van der Waals surface area (Å²) in [5, 5.41) is 0. The van der Waals surface area contributed by atoms with E-state index in [0.717, 1.165) is 18.1 Å². The van der Waals surface area contributed by atoms with Crippen LogP contribution in [0.4, 0.5) is 13.2 Å². The first kappa shape index (κ1) is 23.3. The van der Waals surface area contributed by atoms with Gasteiger partial charge in [-0.25, -0.2) is 0 Å². The molecule has 0 aliphatic heterocycles. The highest BCUT2D eigenvalue weighted by Crippen LogP contribution is 2.29. The average Bonchev–Trinajstić information content (AvgIpc) is 2.62. The molecule has 0 unspecified atom stereocenters. The van der Waals surface area contributed by atoms with E-state index in [4.69, 9.17) is 9.47 Å². The van der Waals surface area contributed by atoms with Crippen molar-refractivity contribution in [3.8, 4) is 11.5 Å². The molecule has 0 aromatic heterocycles. The summed E-state index contributed by atoms with van der Waals surface area (Å²) in [5.74, 6) is -0.567. The lowest BCUT2D eigenvalue weighted by atomic mass is 10.2. The molecule has 0 aliphatic carbocycles. The largest absolute Gasteiger partial charge is 0.493 e. The molecule has 1 rings (SSSR count). The molecule has 0 aliphatic rings. The topological polar surface area (TPSA) is 65.1 Å². The van der Waals surface area contributed by atoms with Crippen molar-refractivity contribution in [2.75, 3.05) is 27.3 Å². The lowest BCUT2D eigenvalue weighted by molar-refractivity contribution is -0.152. The summed E-state index contributed by atoms with van der Waals surface area (Å²) in [4.78, 5) is 24.4. The number of esters is 1. The third kappa shape index (κ3) is 8.32. The molecule has 6 nitrogen and oxygen atoms in total. The normalized spacial score (nSPS) is 11.6. The number of amides is 1. The van der Waals surface area contributed by atoms with Crippen LogP contribution in [-0.4, -0.2) is 56.4 Å². The zero-order valence-corrected chi connectivity index (χ0v) is 16.2. The van der Waals surface area contributed by atoms with E-state index in [-0.39, 0.29) is 6.10 Å². The van der Waals surface area contributed by atoms with Gasteiger partial charge in [0.15, 0.2) is 11.5 Å². The van der Waals surface area contributed by atoms with Crippen molar-refractivity contribution in [1.29, 1.82) is 0 Å². The van der Waals surface area contributed by atoms with Crippen molar-refractivity contribution in [3.63, 3.8) is 0 Å². The Morgan fingerprint density at radius 3 is 2.39 bits per heavy atom. The zero-order chi connectivity index (χ0) is 21.3. The molecule has 28 heavy (non-hydrogen) atoms. The number of hydrogen-bond acceptors (Lipinski definition) is 5. The van der Waals surface area contributed by atoms with Crippen LogP contribution in [0.5, 0.6) is 11.5 Å². The van der Waals surface area contributed by atoms with Crippen LogP contribution < -0.4 is 9.47 Å². The Bertz CT molecular complexity index is 701. The van der Waals surface area contributed by atoms with Crippen LogP contribution in [0.15, 0.2) is 24.3 Å². The van der Waals surface area contributed by atoms with Gasteiger partial charge in [0.05, 0.1) is 26.7 Å². The summed E-state index contributed by atoms with van der Waals surface area (Å²) in [7, 11) is 2.56. The maximum Gasteiger partial charge on any atom is 0.390 e. The van der Waals surface area contributed by atoms with E-state index in [2.05, 4.69) is 4.74 Å². The van der Waals surface area contributed by atoms with Crippen LogP contribution in [0.25, 0.3) is 6.08 Å². The number of benzene rings is 1. The molecular formula is C19H24F3NO5. The summed E-state index contributed by atoms with van der Waals surface area (Å²) in [6.45, 7) is 2.51. The molecule has 0 radical (unpaired) electrons. The molecular weight excluding hydrogens is 379 g/mol. The molecule has 156 valence electrons. The summed E-state index contributed by atoms with van der Waals surface area (Å²) < 4.78 is 52.7. The Morgan fingerprint density at radius 2 is 1.86 bits per heavy atom. The maximum atomic E-state index is 12.5. The molecule has 1 aromatic carbocycles. The minimum Gasteiger partial charge on any atom is -0.493 e. The summed E-state index contributed by atoms with van der Waals surface area (Å²) in [6, 6.07) is 4.96. The fourth-order valence-electron chi connectivity index (χ4n) is 2.16. The number of methoxy groups -OCH3 is 2. The van der Waals surface area contributed by atoms with Gasteiger partial charge in [0.2, 0.25) is 5.91 Å². The van der Waals surface area contributed by atoms with Gasteiger partial charge in [-0.3, -0.25) is 9.59 Å². The minimum absolute atomic E-state index is 0.0580. The Kier molecular flexibility index (Phi) is 8.81. The van der Waals surface area contributed by atoms with Crippen LogP contribution in [0.2, 0.25) is 0 Å². The predicted molar refractivity (Wildman–Crippen MR) is 97.1 cm³/mol. The molecule has 0 saturated carbocycles. The van der Waals surface area contributed by atoms with Gasteiger partial charge in [-0.15, -0.1) is 0 Å². The monoisotopic (exact) mass is 403 g/mol. The third-order valence-electron chi connectivity index (χ3n) is 3.49. The van der Waals surface area contributed by atoms with Crippen LogP contribution in [0, 0.1) is 0 Å². The lowest BCUT2D eigenvalue weighted by Crippen LogP contribution is -2.37. The van der Waals surface area contributed by atoms with Gasteiger partial charge in [-0.05, 0) is 37.6 Å². The van der Waals surface area contributed by atoms with Gasteiger partial charge < -0.3 is 19.1 Å². The number of alkyl halides is 3. The highest BCUT2D eigenvalue weighted by atomic mass is 19.4. The Morgan fingerprint density at radius 1 is 1.18 bits per heavy atom. The van der Waals surface area contributed by atoms with Gasteiger partial charge in [0.1, 0.15) is 6.54 Å². The maximum absolute atomic E-state index is 12.5. The van der Waals surface area contributed by atoms with Gasteiger partial charge in [-0.2, -0.15) is 13.2 Å². The molecule has 0 N–H and O–H groups in total. The van der Waals surface area contributed by atoms with E-state index in [0.29, 0.717) is 17.1 Å². The molecule has 1 aromatic rings. The molecule has 0 fully saturated rings. The second-order valence-corrected chi connectivity index (χ2v) is 6.11. The number of ether oxygens (including phenoxy) is 3. The lowest BCUT2D eigenvalue weighted by Gasteiger charge is -2.20. The molecule has 0 spiro atoms. The van der Waals surface area contributed by atoms with E-state index in [9.17, 15) is 22.8 Å². The fourth-order valence-corrected chi connectivity index (χ4v) is 2.16. The van der Waals surface area contributed by atoms with Crippen molar-refractivity contribution >= 4 is 18.0 Å². The second-order valence-electron chi connectivity index (χ2n) is 6.11. The summed E-state index contributed by atoms with van der Waals surface area (Å²) in [5.41, 5.74) is 0.579. The van der Waals surface area contributed by atoms with E-state index in [1.165, 1.54) is 13.2 Å². The quantitative estimate of drug-likeness (QED) is 0.467. The zero-order valence-electron chi connectivity index (χ0n) is 16.2. The van der Waals surface area contributed by atoms with Crippen LogP contribution in [-0.2, 0) is 14.3 Å². The smallest absolute Gasteiger partial charge is 0.390 e. The third-order valence-corrected chi connectivity index (χ3v) is 3.49. The fraction of sp³-hybridized carbons (Fsp3) is 0.474. The molecule has 0 atom stereocenters. The SMILES string of the molecule is COC(=O)CN(CCC(F)(F)F)C(=O)C=Cc1ccc(OC(C)C)c(OC)c1. The Labute approximate surface area is 161 Å².